The van der Waals surface area contributed by atoms with Gasteiger partial charge in [0.05, 0.1) is 6.61 Å². The van der Waals surface area contributed by atoms with Crippen molar-refractivity contribution in [2.75, 3.05) is 6.61 Å². The van der Waals surface area contributed by atoms with Crippen LogP contribution in [0.2, 0.25) is 0 Å². The number of ether oxygens (including phenoxy) is 2. The topological polar surface area (TPSA) is 47.9 Å². The van der Waals surface area contributed by atoms with Crippen molar-refractivity contribution in [1.82, 2.24) is 0 Å². The van der Waals surface area contributed by atoms with Crippen LogP contribution in [0.5, 0.6) is 5.75 Å². The number of hydrogen-bond acceptors (Lipinski definition) is 4. The van der Waals surface area contributed by atoms with E-state index >= 15 is 0 Å². The number of esters is 1. The van der Waals surface area contributed by atoms with Gasteiger partial charge in [0.2, 0.25) is 5.90 Å². The molecule has 122 valence electrons. The molecular weight excluding hydrogens is 309 g/mol. The van der Waals surface area contributed by atoms with Gasteiger partial charge in [-0.3, -0.25) is 0 Å². The summed E-state index contributed by atoms with van der Waals surface area (Å²) in [5, 5.41) is 0. The van der Waals surface area contributed by atoms with Crippen molar-refractivity contribution in [2.45, 2.75) is 13.3 Å². The molecule has 0 N–H and O–H groups in total. The summed E-state index contributed by atoms with van der Waals surface area (Å²) in [4.78, 5) is 16.2. The summed E-state index contributed by atoms with van der Waals surface area (Å²) < 4.78 is 23.7. The van der Waals surface area contributed by atoms with E-state index < -0.39 is 5.97 Å². The lowest BCUT2D eigenvalue weighted by molar-refractivity contribution is -0.129. The van der Waals surface area contributed by atoms with Crippen molar-refractivity contribution in [1.29, 1.82) is 0 Å². The summed E-state index contributed by atoms with van der Waals surface area (Å²) in [5.74, 6) is 0.0162. The molecular formula is C19H16FNO3. The van der Waals surface area contributed by atoms with Crippen LogP contribution in [0.3, 0.4) is 0 Å². The Labute approximate surface area is 139 Å². The highest BCUT2D eigenvalue weighted by Gasteiger charge is 2.24. The molecule has 0 saturated carbocycles. The van der Waals surface area contributed by atoms with Crippen molar-refractivity contribution in [2.24, 2.45) is 4.99 Å². The van der Waals surface area contributed by atoms with Crippen LogP contribution in [-0.2, 0) is 9.53 Å². The fraction of sp³-hybridized carbons (Fsp3) is 0.158. The third-order valence-corrected chi connectivity index (χ3v) is 3.35. The largest absolute Gasteiger partial charge is 0.494 e. The third-order valence-electron chi connectivity index (χ3n) is 3.35. The molecule has 24 heavy (non-hydrogen) atoms. The molecule has 0 bridgehead atoms. The zero-order valence-electron chi connectivity index (χ0n) is 13.2. The molecule has 0 spiro atoms. The molecule has 0 fully saturated rings. The minimum Gasteiger partial charge on any atom is -0.494 e. The Kier molecular flexibility index (Phi) is 4.70. The average Bonchev–Trinajstić information content (AvgIpc) is 2.95. The number of hydrogen-bond donors (Lipinski definition) is 0. The molecule has 1 aliphatic heterocycles. The highest BCUT2D eigenvalue weighted by atomic mass is 19.1. The Hall–Kier alpha value is -2.95. The normalized spacial score (nSPS) is 15.3. The number of halogens is 1. The lowest BCUT2D eigenvalue weighted by Crippen LogP contribution is -2.05. The van der Waals surface area contributed by atoms with E-state index in [1.54, 1.807) is 6.08 Å². The maximum atomic E-state index is 13.0. The molecule has 3 rings (SSSR count). The van der Waals surface area contributed by atoms with E-state index in [4.69, 9.17) is 9.47 Å². The van der Waals surface area contributed by atoms with Crippen molar-refractivity contribution in [3.05, 3.63) is 71.2 Å². The summed E-state index contributed by atoms with van der Waals surface area (Å²) >= 11 is 0. The second-order valence-electron chi connectivity index (χ2n) is 5.26. The van der Waals surface area contributed by atoms with Crippen molar-refractivity contribution >= 4 is 17.9 Å². The summed E-state index contributed by atoms with van der Waals surface area (Å²) in [6.07, 6.45) is 2.56. The molecule has 5 heteroatoms. The minimum atomic E-state index is -0.533. The summed E-state index contributed by atoms with van der Waals surface area (Å²) in [7, 11) is 0. The first-order valence-electron chi connectivity index (χ1n) is 7.67. The first-order valence-corrected chi connectivity index (χ1v) is 7.67. The van der Waals surface area contributed by atoms with Gasteiger partial charge in [-0.2, -0.15) is 0 Å². The molecule has 0 atom stereocenters. The molecule has 1 heterocycles. The van der Waals surface area contributed by atoms with E-state index in [2.05, 4.69) is 4.99 Å². The van der Waals surface area contributed by atoms with Crippen LogP contribution in [0, 0.1) is 5.82 Å². The lowest BCUT2D eigenvalue weighted by atomic mass is 10.2. The molecule has 1 aliphatic rings. The van der Waals surface area contributed by atoms with E-state index in [1.165, 1.54) is 24.3 Å². The number of carbonyl (C=O) groups excluding carboxylic acids is 1. The number of nitrogens with zero attached hydrogens (tertiary/aromatic N) is 1. The fourth-order valence-electron chi connectivity index (χ4n) is 2.20. The Balaban J connectivity index is 1.84. The molecule has 2 aromatic rings. The van der Waals surface area contributed by atoms with Gasteiger partial charge < -0.3 is 9.47 Å². The molecule has 0 aromatic heterocycles. The van der Waals surface area contributed by atoms with E-state index in [0.717, 1.165) is 17.7 Å². The third kappa shape index (κ3) is 3.68. The summed E-state index contributed by atoms with van der Waals surface area (Å²) in [5.41, 5.74) is 1.54. The van der Waals surface area contributed by atoms with Crippen LogP contribution < -0.4 is 4.74 Å². The summed E-state index contributed by atoms with van der Waals surface area (Å²) in [6, 6.07) is 13.0. The highest BCUT2D eigenvalue weighted by molar-refractivity contribution is 6.12. The van der Waals surface area contributed by atoms with Gasteiger partial charge in [-0.25, -0.2) is 14.2 Å². The zero-order valence-corrected chi connectivity index (χ0v) is 13.2. The first kappa shape index (κ1) is 15.9. The van der Waals surface area contributed by atoms with E-state index in [9.17, 15) is 9.18 Å². The Morgan fingerprint density at radius 3 is 2.75 bits per heavy atom. The average molecular weight is 325 g/mol. The molecule has 4 nitrogen and oxygen atoms in total. The SMILES string of the molecule is CCCOc1cccc(C=C2N=C(c3ccc(F)cc3)OC2=O)c1. The van der Waals surface area contributed by atoms with Crippen LogP contribution >= 0.6 is 0 Å². The number of aliphatic imine (C=N–C) groups is 1. The molecule has 0 aliphatic carbocycles. The van der Waals surface area contributed by atoms with Crippen LogP contribution in [0.25, 0.3) is 6.08 Å². The fourth-order valence-corrected chi connectivity index (χ4v) is 2.20. The van der Waals surface area contributed by atoms with E-state index in [-0.39, 0.29) is 17.4 Å². The predicted molar refractivity (Wildman–Crippen MR) is 89.2 cm³/mol. The first-order chi connectivity index (χ1) is 11.7. The molecule has 0 unspecified atom stereocenters. The standard InChI is InChI=1S/C19H16FNO3/c1-2-10-23-16-5-3-4-13(11-16)12-17-19(22)24-18(21-17)14-6-8-15(20)9-7-14/h3-9,11-12H,2,10H2,1H3. The van der Waals surface area contributed by atoms with Gasteiger partial charge in [-0.15, -0.1) is 0 Å². The lowest BCUT2D eigenvalue weighted by Gasteiger charge is -2.04. The number of carbonyl (C=O) groups is 1. The minimum absolute atomic E-state index is 0.171. The van der Waals surface area contributed by atoms with Crippen LogP contribution in [0.15, 0.2) is 59.2 Å². The molecule has 2 aromatic carbocycles. The number of cyclic esters (lactones) is 1. The van der Waals surface area contributed by atoms with Crippen LogP contribution in [0.1, 0.15) is 24.5 Å². The number of benzene rings is 2. The Morgan fingerprint density at radius 1 is 1.21 bits per heavy atom. The monoisotopic (exact) mass is 325 g/mol. The smallest absolute Gasteiger partial charge is 0.363 e. The molecule has 0 saturated heterocycles. The Morgan fingerprint density at radius 2 is 2.00 bits per heavy atom. The van der Waals surface area contributed by atoms with Crippen molar-refractivity contribution in [3.8, 4) is 5.75 Å². The summed E-state index contributed by atoms with van der Waals surface area (Å²) in [6.45, 7) is 2.67. The molecule has 0 amide bonds. The zero-order chi connectivity index (χ0) is 16.9. The van der Waals surface area contributed by atoms with Gasteiger partial charge in [0.1, 0.15) is 11.6 Å². The van der Waals surface area contributed by atoms with E-state index in [0.29, 0.717) is 12.2 Å². The van der Waals surface area contributed by atoms with Gasteiger partial charge >= 0.3 is 5.97 Å². The van der Waals surface area contributed by atoms with Crippen molar-refractivity contribution < 1.29 is 18.7 Å². The van der Waals surface area contributed by atoms with Gasteiger partial charge in [-0.05, 0) is 54.5 Å². The van der Waals surface area contributed by atoms with Crippen LogP contribution in [-0.4, -0.2) is 18.5 Å². The second kappa shape index (κ2) is 7.08. The van der Waals surface area contributed by atoms with Crippen LogP contribution in [0.4, 0.5) is 4.39 Å². The number of rotatable bonds is 5. The molecule has 0 radical (unpaired) electrons. The predicted octanol–water partition coefficient (Wildman–Crippen LogP) is 3.96. The highest BCUT2D eigenvalue weighted by Crippen LogP contribution is 2.21. The van der Waals surface area contributed by atoms with E-state index in [1.807, 2.05) is 31.2 Å². The maximum absolute atomic E-state index is 13.0. The van der Waals surface area contributed by atoms with Gasteiger partial charge in [-0.1, -0.05) is 19.1 Å². The quantitative estimate of drug-likeness (QED) is 0.617. The second-order valence-corrected chi connectivity index (χ2v) is 5.26. The maximum Gasteiger partial charge on any atom is 0.363 e. The van der Waals surface area contributed by atoms with Crippen molar-refractivity contribution in [3.63, 3.8) is 0 Å². The van der Waals surface area contributed by atoms with Gasteiger partial charge in [0.15, 0.2) is 5.70 Å². The Bertz CT molecular complexity index is 810. The van der Waals surface area contributed by atoms with Gasteiger partial charge in [0.25, 0.3) is 0 Å². The van der Waals surface area contributed by atoms with Gasteiger partial charge in [0, 0.05) is 5.56 Å².